The van der Waals surface area contributed by atoms with E-state index in [-0.39, 0.29) is 12.1 Å². The molecule has 116 valence electrons. The Bertz CT molecular complexity index is 595. The van der Waals surface area contributed by atoms with E-state index in [1.807, 2.05) is 0 Å². The number of hydrogen-bond donors (Lipinski definition) is 1. The van der Waals surface area contributed by atoms with Gasteiger partial charge in [0.1, 0.15) is 0 Å². The Morgan fingerprint density at radius 2 is 1.77 bits per heavy atom. The zero-order chi connectivity index (χ0) is 15.8. The number of carboxylic acid groups (broad SMARTS) is 1. The Morgan fingerprint density at radius 1 is 1.14 bits per heavy atom. The second-order valence-electron chi connectivity index (χ2n) is 5.37. The number of carbonyl (C=O) groups is 1. The van der Waals surface area contributed by atoms with Crippen molar-refractivity contribution in [3.8, 4) is 0 Å². The molecule has 0 aliphatic carbocycles. The van der Waals surface area contributed by atoms with Gasteiger partial charge >= 0.3 is 0 Å². The van der Waals surface area contributed by atoms with Crippen LogP contribution in [0.15, 0.2) is 54.6 Å². The molecule has 0 saturated heterocycles. The first-order valence-electron chi connectivity index (χ1n) is 7.60. The minimum Gasteiger partial charge on any atom is -0.483 e. The van der Waals surface area contributed by atoms with E-state index in [1.165, 1.54) is 16.7 Å². The summed E-state index contributed by atoms with van der Waals surface area (Å²) >= 11 is 0. The standard InChI is InChI=1S/C18H20O.CH2O2/c1-2-18(14-15-8-4-3-5-9-15)17-11-7-6-10-16(17)12-13-19-18;2-1-3/h3-11H,2,12-14H2,1H3;1H,(H,2,3). The molecular weight excluding hydrogens is 276 g/mol. The largest absolute Gasteiger partial charge is 0.483 e. The number of benzene rings is 2. The third kappa shape index (κ3) is 3.55. The van der Waals surface area contributed by atoms with Crippen LogP contribution in [0, 0.1) is 0 Å². The monoisotopic (exact) mass is 298 g/mol. The van der Waals surface area contributed by atoms with Gasteiger partial charge in [-0.3, -0.25) is 4.79 Å². The first kappa shape index (κ1) is 16.2. The Kier molecular flexibility index (Phi) is 5.73. The molecule has 0 fully saturated rings. The predicted molar refractivity (Wildman–Crippen MR) is 86.9 cm³/mol. The van der Waals surface area contributed by atoms with E-state index in [9.17, 15) is 0 Å². The third-order valence-electron chi connectivity index (χ3n) is 4.16. The molecule has 0 saturated carbocycles. The number of hydrogen-bond acceptors (Lipinski definition) is 2. The SMILES string of the molecule is CCC1(Cc2ccccc2)OCCc2ccccc21.O=CO. The van der Waals surface area contributed by atoms with Gasteiger partial charge in [-0.2, -0.15) is 0 Å². The topological polar surface area (TPSA) is 46.5 Å². The van der Waals surface area contributed by atoms with Gasteiger partial charge in [0.15, 0.2) is 0 Å². The van der Waals surface area contributed by atoms with Crippen LogP contribution < -0.4 is 0 Å². The van der Waals surface area contributed by atoms with Crippen molar-refractivity contribution in [2.24, 2.45) is 0 Å². The Labute approximate surface area is 131 Å². The molecule has 0 aromatic heterocycles. The predicted octanol–water partition coefficient (Wildman–Crippen LogP) is 3.81. The van der Waals surface area contributed by atoms with E-state index in [2.05, 4.69) is 61.5 Å². The highest BCUT2D eigenvalue weighted by Crippen LogP contribution is 2.38. The molecule has 1 unspecified atom stereocenters. The zero-order valence-corrected chi connectivity index (χ0v) is 12.9. The van der Waals surface area contributed by atoms with E-state index in [0.29, 0.717) is 0 Å². The second-order valence-corrected chi connectivity index (χ2v) is 5.37. The van der Waals surface area contributed by atoms with Crippen molar-refractivity contribution in [2.45, 2.75) is 31.8 Å². The molecule has 1 aliphatic rings. The van der Waals surface area contributed by atoms with Crippen LogP contribution in [0.2, 0.25) is 0 Å². The molecule has 1 heterocycles. The molecule has 0 spiro atoms. The number of fused-ring (bicyclic) bond motifs is 1. The lowest BCUT2D eigenvalue weighted by Gasteiger charge is -2.39. The van der Waals surface area contributed by atoms with Gasteiger partial charge < -0.3 is 9.84 Å². The van der Waals surface area contributed by atoms with E-state index in [4.69, 9.17) is 14.6 Å². The summed E-state index contributed by atoms with van der Waals surface area (Å²) in [5.74, 6) is 0. The molecule has 1 atom stereocenters. The molecular formula is C19H22O3. The minimum atomic E-state index is -0.250. The highest BCUT2D eigenvalue weighted by atomic mass is 16.5. The number of rotatable bonds is 3. The molecule has 22 heavy (non-hydrogen) atoms. The fourth-order valence-electron chi connectivity index (χ4n) is 3.11. The molecule has 0 bridgehead atoms. The summed E-state index contributed by atoms with van der Waals surface area (Å²) in [6.07, 6.45) is 3.01. The quantitative estimate of drug-likeness (QED) is 0.877. The zero-order valence-electron chi connectivity index (χ0n) is 12.9. The lowest BCUT2D eigenvalue weighted by atomic mass is 9.80. The van der Waals surface area contributed by atoms with Crippen molar-refractivity contribution in [1.29, 1.82) is 0 Å². The average Bonchev–Trinajstić information content (AvgIpc) is 2.57. The maximum atomic E-state index is 8.36. The fourth-order valence-corrected chi connectivity index (χ4v) is 3.11. The van der Waals surface area contributed by atoms with Crippen molar-refractivity contribution < 1.29 is 14.6 Å². The van der Waals surface area contributed by atoms with E-state index < -0.39 is 0 Å². The normalized spacial score (nSPS) is 19.5. The molecule has 3 rings (SSSR count). The van der Waals surface area contributed by atoms with Crippen LogP contribution >= 0.6 is 0 Å². The highest BCUT2D eigenvalue weighted by Gasteiger charge is 2.36. The van der Waals surface area contributed by atoms with Gasteiger partial charge in [-0.05, 0) is 29.5 Å². The molecule has 3 heteroatoms. The van der Waals surface area contributed by atoms with Gasteiger partial charge in [0.05, 0.1) is 12.2 Å². The summed E-state index contributed by atoms with van der Waals surface area (Å²) in [4.78, 5) is 8.36. The van der Waals surface area contributed by atoms with Gasteiger partial charge in [0, 0.05) is 6.42 Å². The molecule has 3 nitrogen and oxygen atoms in total. The van der Waals surface area contributed by atoms with Gasteiger partial charge in [-0.15, -0.1) is 0 Å². The van der Waals surface area contributed by atoms with Crippen LogP contribution in [0.3, 0.4) is 0 Å². The average molecular weight is 298 g/mol. The maximum Gasteiger partial charge on any atom is 0.290 e. The van der Waals surface area contributed by atoms with Crippen LogP contribution in [-0.4, -0.2) is 18.2 Å². The summed E-state index contributed by atoms with van der Waals surface area (Å²) in [5.41, 5.74) is 4.04. The Hall–Kier alpha value is -2.13. The van der Waals surface area contributed by atoms with Crippen LogP contribution in [-0.2, 0) is 28.0 Å². The van der Waals surface area contributed by atoms with Crippen molar-refractivity contribution >= 4 is 6.47 Å². The van der Waals surface area contributed by atoms with Gasteiger partial charge in [-0.1, -0.05) is 61.5 Å². The summed E-state index contributed by atoms with van der Waals surface area (Å²) in [6.45, 7) is 2.81. The fraction of sp³-hybridized carbons (Fsp3) is 0.316. The number of ether oxygens (including phenoxy) is 1. The summed E-state index contributed by atoms with van der Waals surface area (Å²) in [5, 5.41) is 6.89. The molecule has 2 aromatic carbocycles. The van der Waals surface area contributed by atoms with Crippen molar-refractivity contribution in [3.63, 3.8) is 0 Å². The molecule has 2 aromatic rings. The van der Waals surface area contributed by atoms with Crippen LogP contribution in [0.1, 0.15) is 30.0 Å². The van der Waals surface area contributed by atoms with Crippen LogP contribution in [0.5, 0.6) is 0 Å². The molecule has 1 N–H and O–H groups in total. The summed E-state index contributed by atoms with van der Waals surface area (Å²) in [6, 6.07) is 19.4. The highest BCUT2D eigenvalue weighted by molar-refractivity contribution is 5.36. The summed E-state index contributed by atoms with van der Waals surface area (Å²) < 4.78 is 6.25. The lowest BCUT2D eigenvalue weighted by molar-refractivity contribution is -0.122. The van der Waals surface area contributed by atoms with E-state index in [0.717, 1.165) is 25.9 Å². The Balaban J connectivity index is 0.000000545. The van der Waals surface area contributed by atoms with Gasteiger partial charge in [-0.25, -0.2) is 0 Å². The van der Waals surface area contributed by atoms with Crippen LogP contribution in [0.4, 0.5) is 0 Å². The van der Waals surface area contributed by atoms with Gasteiger partial charge in [0.25, 0.3) is 6.47 Å². The first-order chi connectivity index (χ1) is 10.8. The third-order valence-corrected chi connectivity index (χ3v) is 4.16. The van der Waals surface area contributed by atoms with Crippen molar-refractivity contribution in [3.05, 3.63) is 71.3 Å². The smallest absolute Gasteiger partial charge is 0.290 e. The van der Waals surface area contributed by atoms with Crippen molar-refractivity contribution in [1.82, 2.24) is 0 Å². The lowest BCUT2D eigenvalue weighted by Crippen LogP contribution is -2.37. The second kappa shape index (κ2) is 7.76. The van der Waals surface area contributed by atoms with Crippen molar-refractivity contribution in [2.75, 3.05) is 6.61 Å². The first-order valence-corrected chi connectivity index (χ1v) is 7.60. The van der Waals surface area contributed by atoms with Gasteiger partial charge in [0.2, 0.25) is 0 Å². The van der Waals surface area contributed by atoms with Crippen LogP contribution in [0.25, 0.3) is 0 Å². The summed E-state index contributed by atoms with van der Waals surface area (Å²) in [7, 11) is 0. The molecule has 0 amide bonds. The molecule has 0 radical (unpaired) electrons. The van der Waals surface area contributed by atoms with E-state index in [1.54, 1.807) is 0 Å². The maximum absolute atomic E-state index is 8.36. The minimum absolute atomic E-state index is 0.143. The molecule has 1 aliphatic heterocycles. The Morgan fingerprint density at radius 3 is 2.45 bits per heavy atom. The van der Waals surface area contributed by atoms with E-state index >= 15 is 0 Å².